The van der Waals surface area contributed by atoms with Gasteiger partial charge in [0.25, 0.3) is 5.91 Å². The molecule has 0 fully saturated rings. The van der Waals surface area contributed by atoms with Gasteiger partial charge >= 0.3 is 12.4 Å². The Morgan fingerprint density at radius 3 is 1.75 bits per heavy atom. The predicted molar refractivity (Wildman–Crippen MR) is 76.2 cm³/mol. The topological polar surface area (TPSA) is 46.3 Å². The molecule has 0 atom stereocenters. The first-order valence-corrected chi connectivity index (χ1v) is 6.92. The third-order valence-corrected chi connectivity index (χ3v) is 3.40. The molecule has 0 saturated carbocycles. The van der Waals surface area contributed by atoms with E-state index in [9.17, 15) is 31.1 Å². The zero-order chi connectivity index (χ0) is 18.9. The van der Waals surface area contributed by atoms with Gasteiger partial charge in [0, 0.05) is 19.2 Å². The summed E-state index contributed by atoms with van der Waals surface area (Å²) in [6.07, 6.45) is -9.99. The number of hydrogen-bond donors (Lipinski definition) is 1. The number of carbonyl (C=O) groups excluding carboxylic acids is 1. The third-order valence-electron chi connectivity index (χ3n) is 3.40. The predicted octanol–water partition coefficient (Wildman–Crippen LogP) is 3.78. The Bertz CT molecular complexity index is 575. The highest BCUT2D eigenvalue weighted by Gasteiger charge is 2.38. The molecule has 2 N–H and O–H groups in total. The smallest absolute Gasteiger partial charge is 0.341 e. The Hall–Kier alpha value is -1.77. The first-order chi connectivity index (χ1) is 10.7. The summed E-state index contributed by atoms with van der Waals surface area (Å²) in [4.78, 5) is 13.3. The number of amides is 1. The van der Waals surface area contributed by atoms with Gasteiger partial charge in [-0.25, -0.2) is 0 Å². The van der Waals surface area contributed by atoms with Gasteiger partial charge in [0.1, 0.15) is 0 Å². The molecular formula is C15H18F6N2O. The number of benzene rings is 1. The minimum absolute atomic E-state index is 0.0133. The lowest BCUT2D eigenvalue weighted by atomic mass is 9.93. The van der Waals surface area contributed by atoms with Crippen LogP contribution in [-0.2, 0) is 12.4 Å². The van der Waals surface area contributed by atoms with Gasteiger partial charge in [0.2, 0.25) is 0 Å². The van der Waals surface area contributed by atoms with Gasteiger partial charge in [-0.15, -0.1) is 0 Å². The summed E-state index contributed by atoms with van der Waals surface area (Å²) in [6, 6.07) is 0.827. The average molecular weight is 356 g/mol. The molecular weight excluding hydrogens is 338 g/mol. The van der Waals surface area contributed by atoms with E-state index in [1.807, 2.05) is 0 Å². The van der Waals surface area contributed by atoms with E-state index in [0.29, 0.717) is 12.1 Å². The fourth-order valence-corrected chi connectivity index (χ4v) is 2.08. The van der Waals surface area contributed by atoms with Crippen molar-refractivity contribution in [3.05, 3.63) is 34.9 Å². The molecule has 24 heavy (non-hydrogen) atoms. The van der Waals surface area contributed by atoms with Crippen molar-refractivity contribution >= 4 is 5.91 Å². The zero-order valence-corrected chi connectivity index (χ0v) is 13.3. The van der Waals surface area contributed by atoms with Crippen LogP contribution in [0.25, 0.3) is 0 Å². The standard InChI is InChI=1S/C15H18F6N2O/c1-13(2,7-22)8-23(3)12(24)9-4-10(14(16,17)18)6-11(5-9)15(19,20)21/h4-6H,7-8,22H2,1-3H3. The quantitative estimate of drug-likeness (QED) is 0.835. The fraction of sp³-hybridized carbons (Fsp3) is 0.533. The van der Waals surface area contributed by atoms with Crippen molar-refractivity contribution in [1.82, 2.24) is 4.90 Å². The van der Waals surface area contributed by atoms with Crippen LogP contribution in [0.2, 0.25) is 0 Å². The number of halogens is 6. The molecule has 0 aliphatic rings. The molecule has 1 rings (SSSR count). The van der Waals surface area contributed by atoms with Crippen molar-refractivity contribution in [1.29, 1.82) is 0 Å². The van der Waals surface area contributed by atoms with Crippen molar-refractivity contribution in [2.75, 3.05) is 20.1 Å². The minimum atomic E-state index is -4.99. The van der Waals surface area contributed by atoms with Gasteiger partial charge in [-0.3, -0.25) is 4.79 Å². The van der Waals surface area contributed by atoms with Crippen LogP contribution in [0.4, 0.5) is 26.3 Å². The Labute approximate surface area is 135 Å². The molecule has 0 radical (unpaired) electrons. The molecule has 1 amide bonds. The van der Waals surface area contributed by atoms with E-state index in [-0.39, 0.29) is 19.2 Å². The van der Waals surface area contributed by atoms with Gasteiger partial charge < -0.3 is 10.6 Å². The van der Waals surface area contributed by atoms with Crippen LogP contribution in [0.1, 0.15) is 35.3 Å². The van der Waals surface area contributed by atoms with E-state index < -0.39 is 40.4 Å². The van der Waals surface area contributed by atoms with E-state index in [1.54, 1.807) is 13.8 Å². The van der Waals surface area contributed by atoms with Crippen LogP contribution in [-0.4, -0.2) is 30.9 Å². The summed E-state index contributed by atoms with van der Waals surface area (Å²) in [5, 5.41) is 0. The summed E-state index contributed by atoms with van der Waals surface area (Å²) in [5.41, 5.74) is 1.28. The first-order valence-electron chi connectivity index (χ1n) is 6.92. The number of nitrogens with zero attached hydrogens (tertiary/aromatic N) is 1. The normalized spacial score (nSPS) is 13.1. The van der Waals surface area contributed by atoms with E-state index in [4.69, 9.17) is 5.73 Å². The van der Waals surface area contributed by atoms with Crippen LogP contribution in [0.3, 0.4) is 0 Å². The van der Waals surface area contributed by atoms with Gasteiger partial charge in [0.05, 0.1) is 11.1 Å². The Balaban J connectivity index is 3.30. The second-order valence-corrected chi connectivity index (χ2v) is 6.32. The summed E-state index contributed by atoms with van der Waals surface area (Å²) < 4.78 is 76.9. The average Bonchev–Trinajstić information content (AvgIpc) is 2.43. The van der Waals surface area contributed by atoms with Gasteiger partial charge in [-0.2, -0.15) is 26.3 Å². The monoisotopic (exact) mass is 356 g/mol. The molecule has 9 heteroatoms. The van der Waals surface area contributed by atoms with Crippen LogP contribution in [0, 0.1) is 5.41 Å². The molecule has 0 spiro atoms. The molecule has 1 aromatic carbocycles. The molecule has 0 unspecified atom stereocenters. The molecule has 3 nitrogen and oxygen atoms in total. The number of hydrogen-bond acceptors (Lipinski definition) is 2. The highest BCUT2D eigenvalue weighted by molar-refractivity contribution is 5.94. The molecule has 0 saturated heterocycles. The van der Waals surface area contributed by atoms with Gasteiger partial charge in [0.15, 0.2) is 0 Å². The molecule has 1 aromatic rings. The lowest BCUT2D eigenvalue weighted by Crippen LogP contribution is -2.39. The molecule has 136 valence electrons. The summed E-state index contributed by atoms with van der Waals surface area (Å²) >= 11 is 0. The van der Waals surface area contributed by atoms with E-state index >= 15 is 0 Å². The summed E-state index contributed by atoms with van der Waals surface area (Å²) in [6.45, 7) is 3.73. The molecule has 0 aliphatic carbocycles. The van der Waals surface area contributed by atoms with E-state index in [0.717, 1.165) is 4.90 Å². The lowest BCUT2D eigenvalue weighted by molar-refractivity contribution is -0.143. The summed E-state index contributed by atoms with van der Waals surface area (Å²) in [5.74, 6) is -0.937. The number of rotatable bonds is 4. The van der Waals surface area contributed by atoms with Crippen molar-refractivity contribution < 1.29 is 31.1 Å². The highest BCUT2D eigenvalue weighted by atomic mass is 19.4. The second-order valence-electron chi connectivity index (χ2n) is 6.32. The maximum absolute atomic E-state index is 12.8. The van der Waals surface area contributed by atoms with Crippen molar-refractivity contribution in [3.8, 4) is 0 Å². The maximum Gasteiger partial charge on any atom is 0.416 e. The second kappa shape index (κ2) is 6.62. The third kappa shape index (κ3) is 5.12. The molecule has 0 aliphatic heterocycles. The van der Waals surface area contributed by atoms with Crippen LogP contribution in [0.5, 0.6) is 0 Å². The maximum atomic E-state index is 12.8. The Kier molecular flexibility index (Phi) is 5.59. The Morgan fingerprint density at radius 2 is 1.42 bits per heavy atom. The van der Waals surface area contributed by atoms with Crippen molar-refractivity contribution in [2.24, 2.45) is 11.1 Å². The number of carbonyl (C=O) groups is 1. The largest absolute Gasteiger partial charge is 0.416 e. The Morgan fingerprint density at radius 1 is 1.00 bits per heavy atom. The first kappa shape index (κ1) is 20.3. The van der Waals surface area contributed by atoms with Crippen LogP contribution >= 0.6 is 0 Å². The van der Waals surface area contributed by atoms with Crippen molar-refractivity contribution in [3.63, 3.8) is 0 Å². The van der Waals surface area contributed by atoms with E-state index in [1.165, 1.54) is 7.05 Å². The highest BCUT2D eigenvalue weighted by Crippen LogP contribution is 2.36. The molecule has 0 bridgehead atoms. The summed E-state index contributed by atoms with van der Waals surface area (Å²) in [7, 11) is 1.30. The van der Waals surface area contributed by atoms with E-state index in [2.05, 4.69) is 0 Å². The zero-order valence-electron chi connectivity index (χ0n) is 13.3. The minimum Gasteiger partial charge on any atom is -0.341 e. The lowest BCUT2D eigenvalue weighted by Gasteiger charge is -2.29. The molecule has 0 aromatic heterocycles. The van der Waals surface area contributed by atoms with Crippen LogP contribution in [0.15, 0.2) is 18.2 Å². The van der Waals surface area contributed by atoms with Crippen LogP contribution < -0.4 is 5.73 Å². The van der Waals surface area contributed by atoms with Crippen molar-refractivity contribution in [2.45, 2.75) is 26.2 Å². The SMILES string of the molecule is CN(CC(C)(C)CN)C(=O)c1cc(C(F)(F)F)cc(C(F)(F)F)c1. The van der Waals surface area contributed by atoms with Gasteiger partial charge in [-0.05, 0) is 30.2 Å². The number of alkyl halides is 6. The fourth-order valence-electron chi connectivity index (χ4n) is 2.08. The van der Waals surface area contributed by atoms with Gasteiger partial charge in [-0.1, -0.05) is 13.8 Å². The number of nitrogens with two attached hydrogens (primary N) is 1. The molecule has 0 heterocycles.